The van der Waals surface area contributed by atoms with Crippen molar-refractivity contribution in [3.05, 3.63) is 46.2 Å². The van der Waals surface area contributed by atoms with Crippen LogP contribution in [-0.2, 0) is 22.4 Å². The molecule has 0 saturated heterocycles. The van der Waals surface area contributed by atoms with Gasteiger partial charge >= 0.3 is 0 Å². The summed E-state index contributed by atoms with van der Waals surface area (Å²) in [6.45, 7) is 6.26. The molecule has 0 spiro atoms. The van der Waals surface area contributed by atoms with Gasteiger partial charge in [-0.1, -0.05) is 31.5 Å². The molecule has 0 aliphatic carbocycles. The van der Waals surface area contributed by atoms with Crippen molar-refractivity contribution in [1.29, 1.82) is 0 Å². The SMILES string of the molecule is Cc1ccc(C=NCCCCCC[N+](C)=Cc2ccc(C)[pH]2)[n-]1.[Ta]. The minimum atomic E-state index is 0. The van der Waals surface area contributed by atoms with Crippen LogP contribution in [0.5, 0.6) is 0 Å². The Morgan fingerprint density at radius 3 is 2.54 bits per heavy atom. The molecule has 0 aromatic carbocycles. The minimum Gasteiger partial charge on any atom is -0.660 e. The molecule has 0 bridgehead atoms. The van der Waals surface area contributed by atoms with Crippen molar-refractivity contribution in [3.8, 4) is 0 Å². The van der Waals surface area contributed by atoms with E-state index in [1.807, 2.05) is 25.3 Å². The Morgan fingerprint density at radius 2 is 1.88 bits per heavy atom. The van der Waals surface area contributed by atoms with Gasteiger partial charge in [0.15, 0.2) is 6.21 Å². The van der Waals surface area contributed by atoms with Crippen molar-refractivity contribution in [2.75, 3.05) is 20.1 Å². The predicted octanol–water partition coefficient (Wildman–Crippen LogP) is 4.03. The van der Waals surface area contributed by atoms with Gasteiger partial charge in [0, 0.05) is 41.6 Å². The Kier molecular flexibility index (Phi) is 10.3. The molecule has 5 heteroatoms. The molecule has 1 radical (unpaired) electrons. The van der Waals surface area contributed by atoms with Crippen LogP contribution in [-0.4, -0.2) is 37.1 Å². The van der Waals surface area contributed by atoms with Crippen molar-refractivity contribution in [2.45, 2.75) is 39.5 Å². The van der Waals surface area contributed by atoms with Gasteiger partial charge in [0.25, 0.3) is 0 Å². The second-order valence-electron chi connectivity index (χ2n) is 6.17. The molecule has 0 amide bonds. The van der Waals surface area contributed by atoms with E-state index in [1.54, 1.807) is 0 Å². The van der Waals surface area contributed by atoms with E-state index < -0.39 is 0 Å². The zero-order chi connectivity index (χ0) is 16.5. The summed E-state index contributed by atoms with van der Waals surface area (Å²) in [7, 11) is 3.04. The Labute approximate surface area is 163 Å². The van der Waals surface area contributed by atoms with Crippen molar-refractivity contribution in [3.63, 3.8) is 0 Å². The molecule has 3 nitrogen and oxygen atoms in total. The summed E-state index contributed by atoms with van der Waals surface area (Å²) in [6.07, 6.45) is 9.14. The molecule has 0 aliphatic heterocycles. The first-order valence-electron chi connectivity index (χ1n) is 8.44. The molecule has 2 heterocycles. The van der Waals surface area contributed by atoms with Gasteiger partial charge in [0.2, 0.25) is 0 Å². The van der Waals surface area contributed by atoms with E-state index in [-0.39, 0.29) is 22.4 Å². The monoisotopic (exact) mass is 510 g/mol. The quantitative estimate of drug-likeness (QED) is 0.285. The topological polar surface area (TPSA) is 29.5 Å². The van der Waals surface area contributed by atoms with Crippen LogP contribution in [0.15, 0.2) is 29.3 Å². The minimum absolute atomic E-state index is 0. The molecule has 0 aliphatic rings. The van der Waals surface area contributed by atoms with Crippen molar-refractivity contribution in [2.24, 2.45) is 4.99 Å². The van der Waals surface area contributed by atoms with Crippen LogP contribution in [0.25, 0.3) is 0 Å². The van der Waals surface area contributed by atoms with Crippen LogP contribution in [0.4, 0.5) is 0 Å². The first-order chi connectivity index (χ1) is 11.1. The van der Waals surface area contributed by atoms with E-state index >= 15 is 0 Å². The summed E-state index contributed by atoms with van der Waals surface area (Å²) < 4.78 is 2.33. The Hall–Kier alpha value is -0.860. The molecule has 1 atom stereocenters. The number of aliphatic imine (C=N–C) groups is 1. The summed E-state index contributed by atoms with van der Waals surface area (Å²) in [5.41, 5.74) is 2.04. The molecule has 2 rings (SSSR count). The number of unbranched alkanes of at least 4 members (excludes halogenated alkanes) is 3. The van der Waals surface area contributed by atoms with Crippen molar-refractivity contribution >= 4 is 20.6 Å². The van der Waals surface area contributed by atoms with Gasteiger partial charge in [-0.05, 0) is 31.1 Å². The van der Waals surface area contributed by atoms with E-state index in [2.05, 4.69) is 46.9 Å². The molecular weight excluding hydrogens is 482 g/mol. The summed E-state index contributed by atoms with van der Waals surface area (Å²) >= 11 is 0. The molecule has 1 unspecified atom stereocenters. The van der Waals surface area contributed by atoms with E-state index in [4.69, 9.17) is 0 Å². The zero-order valence-electron chi connectivity index (χ0n) is 15.0. The molecular formula is C19H28N3PTa. The predicted molar refractivity (Wildman–Crippen MR) is 102 cm³/mol. The van der Waals surface area contributed by atoms with Gasteiger partial charge in [-0.2, -0.15) is 5.69 Å². The second kappa shape index (κ2) is 11.7. The van der Waals surface area contributed by atoms with Crippen LogP contribution in [0, 0.1) is 13.8 Å². The number of hydrogen-bond donors (Lipinski definition) is 0. The fourth-order valence-corrected chi connectivity index (χ4v) is 3.61. The van der Waals surface area contributed by atoms with E-state index in [0.29, 0.717) is 0 Å². The van der Waals surface area contributed by atoms with Crippen LogP contribution in [0.1, 0.15) is 47.7 Å². The maximum Gasteiger partial charge on any atom is 0.174 e. The van der Waals surface area contributed by atoms with E-state index in [1.165, 1.54) is 36.3 Å². The second-order valence-corrected chi connectivity index (χ2v) is 7.78. The average molecular weight is 510 g/mol. The first kappa shape index (κ1) is 21.2. The average Bonchev–Trinajstić information content (AvgIpc) is 3.10. The third kappa shape index (κ3) is 8.30. The molecule has 129 valence electrons. The molecule has 0 fully saturated rings. The summed E-state index contributed by atoms with van der Waals surface area (Å²) in [5, 5.41) is 2.94. The van der Waals surface area contributed by atoms with Crippen LogP contribution in [0.3, 0.4) is 0 Å². The van der Waals surface area contributed by atoms with Gasteiger partial charge in [0.1, 0.15) is 13.6 Å². The maximum absolute atomic E-state index is 4.45. The van der Waals surface area contributed by atoms with Crippen LogP contribution < -0.4 is 4.98 Å². The first-order valence-corrected chi connectivity index (χ1v) is 9.44. The Bertz CT molecular complexity index is 655. The third-order valence-corrected chi connectivity index (χ3v) is 4.93. The van der Waals surface area contributed by atoms with Gasteiger partial charge in [-0.3, -0.25) is 4.99 Å². The number of nitrogens with zero attached hydrogens (tertiary/aromatic N) is 3. The Morgan fingerprint density at radius 1 is 1.08 bits per heavy atom. The van der Waals surface area contributed by atoms with Crippen molar-refractivity contribution < 1.29 is 27.0 Å². The normalized spacial score (nSPS) is 12.2. The van der Waals surface area contributed by atoms with Gasteiger partial charge < -0.3 is 4.98 Å². The number of aromatic nitrogens is 1. The molecule has 0 saturated carbocycles. The third-order valence-electron chi connectivity index (χ3n) is 3.79. The Balaban J connectivity index is 0.00000288. The molecule has 2 aromatic heterocycles. The summed E-state index contributed by atoms with van der Waals surface area (Å²) in [5.74, 6) is 0. The largest absolute Gasteiger partial charge is 0.660 e. The van der Waals surface area contributed by atoms with E-state index in [9.17, 15) is 0 Å². The number of hydrogen-bond acceptors (Lipinski definition) is 1. The standard InChI is InChI=1S/C19H28N3P.Ta/c1-16-8-10-18(21-16)14-20-12-6-4-5-7-13-22(3)15-19-11-9-17(2)23-19;/h8-11,14-15,23H,4-7,12-13H2,1-3H3;. The fraction of sp³-hybridized carbons (Fsp3) is 0.474. The summed E-state index contributed by atoms with van der Waals surface area (Å²) in [4.78, 5) is 8.80. The molecule has 2 aromatic rings. The number of rotatable bonds is 9. The molecule has 0 N–H and O–H groups in total. The van der Waals surface area contributed by atoms with Gasteiger partial charge in [-0.25, -0.2) is 4.58 Å². The molecule has 24 heavy (non-hydrogen) atoms. The smallest absolute Gasteiger partial charge is 0.174 e. The maximum atomic E-state index is 4.45. The van der Waals surface area contributed by atoms with Crippen molar-refractivity contribution in [1.82, 2.24) is 4.98 Å². The van der Waals surface area contributed by atoms with Gasteiger partial charge in [-0.15, -0.1) is 13.9 Å². The zero-order valence-corrected chi connectivity index (χ0v) is 19.2. The van der Waals surface area contributed by atoms with E-state index in [0.717, 1.165) is 32.7 Å². The van der Waals surface area contributed by atoms with Crippen LogP contribution >= 0.6 is 8.19 Å². The number of aryl methyl sites for hydroxylation is 2. The van der Waals surface area contributed by atoms with Gasteiger partial charge in [0.05, 0.1) is 5.30 Å². The summed E-state index contributed by atoms with van der Waals surface area (Å²) in [6, 6.07) is 8.51. The van der Waals surface area contributed by atoms with Crippen LogP contribution in [0.2, 0.25) is 0 Å². The fourth-order valence-electron chi connectivity index (χ4n) is 2.54.